The van der Waals surface area contributed by atoms with E-state index >= 15 is 0 Å². The standard InChI is InChI=1S/C25H19ClF3N3O2/c1-14-9-18(15(2)32(14)19-7-8-22(26)21(12-19)25(27,28)29)13-30-31-24(34)20-10-16-5-3-4-6-17(16)11-23(20)33/h3-13,33H,1-2H3,(H,31,34)/b30-13+. The molecule has 0 saturated carbocycles. The van der Waals surface area contributed by atoms with Gasteiger partial charge in [-0.2, -0.15) is 18.3 Å². The molecule has 0 atom stereocenters. The first-order valence-electron chi connectivity index (χ1n) is 10.2. The average Bonchev–Trinajstić information content (AvgIpc) is 3.06. The first-order chi connectivity index (χ1) is 16.1. The summed E-state index contributed by atoms with van der Waals surface area (Å²) >= 11 is 5.74. The molecule has 0 bridgehead atoms. The molecule has 5 nitrogen and oxygen atoms in total. The van der Waals surface area contributed by atoms with E-state index in [1.165, 1.54) is 24.4 Å². The van der Waals surface area contributed by atoms with Crippen LogP contribution in [0.1, 0.15) is 32.9 Å². The van der Waals surface area contributed by atoms with Crippen LogP contribution in [0.4, 0.5) is 13.2 Å². The Hall–Kier alpha value is -3.78. The highest BCUT2D eigenvalue weighted by molar-refractivity contribution is 6.31. The lowest BCUT2D eigenvalue weighted by Crippen LogP contribution is -2.17. The van der Waals surface area contributed by atoms with Crippen molar-refractivity contribution < 1.29 is 23.1 Å². The van der Waals surface area contributed by atoms with Crippen molar-refractivity contribution in [3.63, 3.8) is 0 Å². The van der Waals surface area contributed by atoms with Gasteiger partial charge in [-0.1, -0.05) is 35.9 Å². The van der Waals surface area contributed by atoms with Crippen molar-refractivity contribution in [2.24, 2.45) is 5.10 Å². The third-order valence-corrected chi connectivity index (χ3v) is 5.79. The minimum Gasteiger partial charge on any atom is -0.507 e. The first-order valence-corrected chi connectivity index (χ1v) is 10.6. The van der Waals surface area contributed by atoms with Crippen molar-refractivity contribution in [2.45, 2.75) is 20.0 Å². The molecule has 9 heteroatoms. The van der Waals surface area contributed by atoms with E-state index in [4.69, 9.17) is 11.6 Å². The van der Waals surface area contributed by atoms with Crippen molar-refractivity contribution in [3.05, 3.63) is 93.8 Å². The van der Waals surface area contributed by atoms with Gasteiger partial charge in [0.25, 0.3) is 5.91 Å². The zero-order valence-corrected chi connectivity index (χ0v) is 18.9. The van der Waals surface area contributed by atoms with Gasteiger partial charge in [0.05, 0.1) is 22.4 Å². The average molecular weight is 486 g/mol. The molecule has 0 unspecified atom stereocenters. The van der Waals surface area contributed by atoms with Gasteiger partial charge in [-0.3, -0.25) is 4.79 Å². The van der Waals surface area contributed by atoms with Crippen LogP contribution in [0, 0.1) is 13.8 Å². The van der Waals surface area contributed by atoms with Gasteiger partial charge in [-0.05, 0) is 61.0 Å². The molecule has 0 fully saturated rings. The van der Waals surface area contributed by atoms with E-state index in [1.807, 2.05) is 24.3 Å². The molecule has 0 aliphatic carbocycles. The highest BCUT2D eigenvalue weighted by atomic mass is 35.5. The maximum Gasteiger partial charge on any atom is 0.417 e. The minimum atomic E-state index is -4.58. The number of aryl methyl sites for hydroxylation is 1. The highest BCUT2D eigenvalue weighted by Crippen LogP contribution is 2.36. The molecule has 0 spiro atoms. The molecule has 2 N–H and O–H groups in total. The summed E-state index contributed by atoms with van der Waals surface area (Å²) < 4.78 is 41.5. The van der Waals surface area contributed by atoms with Crippen LogP contribution in [-0.4, -0.2) is 21.8 Å². The van der Waals surface area contributed by atoms with Crippen LogP contribution in [0.15, 0.2) is 65.8 Å². The van der Waals surface area contributed by atoms with E-state index < -0.39 is 17.6 Å². The number of carbonyl (C=O) groups excluding carboxylic acids is 1. The number of hydrogen-bond donors (Lipinski definition) is 2. The smallest absolute Gasteiger partial charge is 0.417 e. The number of hydrogen-bond acceptors (Lipinski definition) is 3. The topological polar surface area (TPSA) is 66.6 Å². The summed E-state index contributed by atoms with van der Waals surface area (Å²) in [4.78, 5) is 12.5. The molecule has 0 saturated heterocycles. The van der Waals surface area contributed by atoms with Crippen LogP contribution in [0.25, 0.3) is 16.5 Å². The molecule has 34 heavy (non-hydrogen) atoms. The van der Waals surface area contributed by atoms with Crippen LogP contribution in [0.5, 0.6) is 5.75 Å². The number of alkyl halides is 3. The number of amides is 1. The van der Waals surface area contributed by atoms with Gasteiger partial charge in [0.1, 0.15) is 5.75 Å². The number of carbonyl (C=O) groups is 1. The number of rotatable bonds is 4. The van der Waals surface area contributed by atoms with Crippen LogP contribution in [0.2, 0.25) is 5.02 Å². The Morgan fingerprint density at radius 2 is 1.74 bits per heavy atom. The van der Waals surface area contributed by atoms with Crippen molar-refractivity contribution in [1.29, 1.82) is 0 Å². The van der Waals surface area contributed by atoms with E-state index in [0.717, 1.165) is 16.8 Å². The summed E-state index contributed by atoms with van der Waals surface area (Å²) in [5, 5.41) is 15.4. The fourth-order valence-corrected chi connectivity index (χ4v) is 4.04. The Balaban J connectivity index is 1.58. The second-order valence-corrected chi connectivity index (χ2v) is 8.15. The Kier molecular flexibility index (Phi) is 6.10. The largest absolute Gasteiger partial charge is 0.507 e. The van der Waals surface area contributed by atoms with Crippen LogP contribution in [0.3, 0.4) is 0 Å². The lowest BCUT2D eigenvalue weighted by Gasteiger charge is -2.14. The number of phenols is 1. The van der Waals surface area contributed by atoms with Gasteiger partial charge < -0.3 is 9.67 Å². The summed E-state index contributed by atoms with van der Waals surface area (Å²) in [6, 6.07) is 15.8. The number of aromatic nitrogens is 1. The van der Waals surface area contributed by atoms with Crippen LogP contribution >= 0.6 is 11.6 Å². The Morgan fingerprint density at radius 1 is 1.06 bits per heavy atom. The van der Waals surface area contributed by atoms with Crippen molar-refractivity contribution in [1.82, 2.24) is 9.99 Å². The van der Waals surface area contributed by atoms with E-state index in [9.17, 15) is 23.1 Å². The van der Waals surface area contributed by atoms with Crippen molar-refractivity contribution in [2.75, 3.05) is 0 Å². The lowest BCUT2D eigenvalue weighted by molar-refractivity contribution is -0.137. The second-order valence-electron chi connectivity index (χ2n) is 7.74. The molecule has 1 amide bonds. The lowest BCUT2D eigenvalue weighted by atomic mass is 10.1. The molecular weight excluding hydrogens is 467 g/mol. The molecule has 3 aromatic carbocycles. The van der Waals surface area contributed by atoms with Gasteiger partial charge in [-0.25, -0.2) is 5.43 Å². The maximum absolute atomic E-state index is 13.3. The minimum absolute atomic E-state index is 0.0715. The quantitative estimate of drug-likeness (QED) is 0.260. The molecule has 4 rings (SSSR count). The SMILES string of the molecule is Cc1cc(/C=N/NC(=O)c2cc3ccccc3cc2O)c(C)n1-c1ccc(Cl)c(C(F)(F)F)c1. The third kappa shape index (κ3) is 4.49. The predicted molar refractivity (Wildman–Crippen MR) is 126 cm³/mol. The molecule has 1 aromatic heterocycles. The van der Waals surface area contributed by atoms with E-state index in [-0.39, 0.29) is 16.3 Å². The summed E-state index contributed by atoms with van der Waals surface area (Å²) in [6.07, 6.45) is -3.18. The monoisotopic (exact) mass is 485 g/mol. The van der Waals surface area contributed by atoms with Crippen LogP contribution < -0.4 is 5.43 Å². The molecule has 0 aliphatic rings. The highest BCUT2D eigenvalue weighted by Gasteiger charge is 2.33. The van der Waals surface area contributed by atoms with E-state index in [2.05, 4.69) is 10.5 Å². The molecule has 4 aromatic rings. The van der Waals surface area contributed by atoms with E-state index in [0.29, 0.717) is 22.6 Å². The predicted octanol–water partition coefficient (Wildman–Crippen LogP) is 6.39. The fourth-order valence-electron chi connectivity index (χ4n) is 3.82. The zero-order chi connectivity index (χ0) is 24.6. The summed E-state index contributed by atoms with van der Waals surface area (Å²) in [5.74, 6) is -0.770. The number of nitrogens with one attached hydrogen (secondary N) is 1. The fraction of sp³-hybridized carbons (Fsp3) is 0.120. The number of phenolic OH excluding ortho intramolecular Hbond substituents is 1. The molecule has 0 radical (unpaired) electrons. The normalized spacial score (nSPS) is 11.9. The van der Waals surface area contributed by atoms with Gasteiger partial charge >= 0.3 is 6.18 Å². The van der Waals surface area contributed by atoms with Gasteiger partial charge in [-0.15, -0.1) is 0 Å². The number of nitrogens with zero attached hydrogens (tertiary/aromatic N) is 2. The van der Waals surface area contributed by atoms with Gasteiger partial charge in [0.15, 0.2) is 0 Å². The Bertz CT molecular complexity index is 1440. The maximum atomic E-state index is 13.3. The van der Waals surface area contributed by atoms with Crippen molar-refractivity contribution in [3.8, 4) is 11.4 Å². The number of benzene rings is 3. The van der Waals surface area contributed by atoms with Gasteiger partial charge in [0, 0.05) is 22.6 Å². The molecule has 0 aliphatic heterocycles. The zero-order valence-electron chi connectivity index (χ0n) is 18.1. The van der Waals surface area contributed by atoms with Crippen LogP contribution in [-0.2, 0) is 6.18 Å². The molecule has 1 heterocycles. The number of fused-ring (bicyclic) bond motifs is 1. The summed E-state index contributed by atoms with van der Waals surface area (Å²) in [6.45, 7) is 3.48. The first kappa shape index (κ1) is 23.4. The Morgan fingerprint density at radius 3 is 2.41 bits per heavy atom. The van der Waals surface area contributed by atoms with Crippen molar-refractivity contribution >= 4 is 34.5 Å². The Labute approximate surface area is 198 Å². The van der Waals surface area contributed by atoms with Gasteiger partial charge in [0.2, 0.25) is 0 Å². The number of hydrazone groups is 1. The third-order valence-electron chi connectivity index (χ3n) is 5.46. The molecule has 174 valence electrons. The number of aromatic hydroxyl groups is 1. The molecular formula is C25H19ClF3N3O2. The van der Waals surface area contributed by atoms with E-state index in [1.54, 1.807) is 30.5 Å². The summed E-state index contributed by atoms with van der Waals surface area (Å²) in [5.41, 5.74) is 3.73. The second kappa shape index (κ2) is 8.87. The number of halogens is 4. The summed E-state index contributed by atoms with van der Waals surface area (Å²) in [7, 11) is 0.